The lowest BCUT2D eigenvalue weighted by Gasteiger charge is -2.28. The zero-order chi connectivity index (χ0) is 34.9. The highest BCUT2D eigenvalue weighted by atomic mass is 16.6. The minimum atomic E-state index is -1.22. The van der Waals surface area contributed by atoms with Crippen LogP contribution in [0.25, 0.3) is 10.8 Å². The molecule has 0 saturated heterocycles. The van der Waals surface area contributed by atoms with Crippen molar-refractivity contribution in [2.24, 2.45) is 5.10 Å². The molecule has 4 aromatic carbocycles. The van der Waals surface area contributed by atoms with Crippen LogP contribution in [0.3, 0.4) is 0 Å². The molecule has 4 N–H and O–H groups in total. The molecule has 14 nitrogen and oxygen atoms in total. The minimum absolute atomic E-state index is 0.00375. The van der Waals surface area contributed by atoms with Gasteiger partial charge in [-0.15, -0.1) is 0 Å². The predicted molar refractivity (Wildman–Crippen MR) is 180 cm³/mol. The van der Waals surface area contributed by atoms with Crippen molar-refractivity contribution in [3.05, 3.63) is 117 Å². The van der Waals surface area contributed by atoms with E-state index in [2.05, 4.69) is 21.2 Å². The van der Waals surface area contributed by atoms with E-state index in [1.807, 2.05) is 36.4 Å². The molecule has 0 aromatic heterocycles. The number of fused-ring (bicyclic) bond motifs is 1. The highest BCUT2D eigenvalue weighted by Gasteiger charge is 2.32. The van der Waals surface area contributed by atoms with Crippen molar-refractivity contribution in [3.8, 4) is 17.2 Å². The molecule has 2 amide bonds. The molecule has 1 heterocycles. The number of hydrogen-bond donors (Lipinski definition) is 4. The lowest BCUT2D eigenvalue weighted by Crippen LogP contribution is -2.45. The maximum absolute atomic E-state index is 12.5. The van der Waals surface area contributed by atoms with E-state index in [0.29, 0.717) is 40.7 Å². The van der Waals surface area contributed by atoms with E-state index >= 15 is 0 Å². The van der Waals surface area contributed by atoms with Crippen LogP contribution in [0.1, 0.15) is 36.6 Å². The number of nitro groups is 1. The molecule has 2 atom stereocenters. The Hall–Kier alpha value is -6.15. The number of hydrazone groups is 1. The summed E-state index contributed by atoms with van der Waals surface area (Å²) >= 11 is 0. The SMILES string of the molecule is CCOc1cc([C@H]2NC(=O)NC(C)=C2C(=O)OC)ccc1OC[C@@H](O)N/N=C/c1c(OCc2ccc([N+](=O)[O-])cc2)ccc2ccccc12. The lowest BCUT2D eigenvalue weighted by atomic mass is 9.95. The first-order chi connectivity index (χ1) is 23.7. The summed E-state index contributed by atoms with van der Waals surface area (Å²) in [5, 5.41) is 33.0. The molecule has 1 aliphatic heterocycles. The second-order valence-corrected chi connectivity index (χ2v) is 10.8. The van der Waals surface area contributed by atoms with Crippen LogP contribution < -0.4 is 30.3 Å². The Kier molecular flexibility index (Phi) is 10.9. The van der Waals surface area contributed by atoms with E-state index in [-0.39, 0.29) is 24.5 Å². The van der Waals surface area contributed by atoms with Crippen molar-refractivity contribution in [2.45, 2.75) is 32.7 Å². The van der Waals surface area contributed by atoms with Crippen LogP contribution >= 0.6 is 0 Å². The summed E-state index contributed by atoms with van der Waals surface area (Å²) in [6.07, 6.45) is 0.323. The lowest BCUT2D eigenvalue weighted by molar-refractivity contribution is -0.384. The maximum atomic E-state index is 12.5. The highest BCUT2D eigenvalue weighted by Crippen LogP contribution is 2.35. The minimum Gasteiger partial charge on any atom is -0.490 e. The Morgan fingerprint density at radius 1 is 1.04 bits per heavy atom. The molecule has 0 unspecified atom stereocenters. The van der Waals surface area contributed by atoms with Gasteiger partial charge in [0, 0.05) is 23.4 Å². The number of nitrogens with one attached hydrogen (secondary N) is 3. The zero-order valence-electron chi connectivity index (χ0n) is 27.0. The van der Waals surface area contributed by atoms with E-state index in [9.17, 15) is 24.8 Å². The summed E-state index contributed by atoms with van der Waals surface area (Å²) in [5.41, 5.74) is 5.26. The van der Waals surface area contributed by atoms with Crippen LogP contribution in [0.2, 0.25) is 0 Å². The number of urea groups is 1. The molecule has 0 aliphatic carbocycles. The fourth-order valence-electron chi connectivity index (χ4n) is 5.22. The summed E-state index contributed by atoms with van der Waals surface area (Å²) in [7, 11) is 1.27. The summed E-state index contributed by atoms with van der Waals surface area (Å²) in [6, 6.07) is 21.3. The number of allylic oxidation sites excluding steroid dienone is 1. The molecule has 0 bridgehead atoms. The van der Waals surface area contributed by atoms with Gasteiger partial charge in [-0.2, -0.15) is 5.10 Å². The maximum Gasteiger partial charge on any atom is 0.337 e. The Balaban J connectivity index is 1.27. The number of methoxy groups -OCH3 is 1. The molecular weight excluding hydrogens is 634 g/mol. The van der Waals surface area contributed by atoms with Crippen LogP contribution in [0, 0.1) is 10.1 Å². The van der Waals surface area contributed by atoms with Crippen LogP contribution in [-0.2, 0) is 16.1 Å². The Morgan fingerprint density at radius 2 is 1.80 bits per heavy atom. The number of aliphatic hydroxyl groups is 1. The number of carbonyl (C=O) groups is 2. The largest absolute Gasteiger partial charge is 0.490 e. The normalized spacial score (nSPS) is 14.9. The van der Waals surface area contributed by atoms with Crippen LogP contribution in [0.5, 0.6) is 17.2 Å². The van der Waals surface area contributed by atoms with Crippen molar-refractivity contribution in [2.75, 3.05) is 20.3 Å². The van der Waals surface area contributed by atoms with Gasteiger partial charge in [-0.3, -0.25) is 15.5 Å². The first-order valence-electron chi connectivity index (χ1n) is 15.3. The van der Waals surface area contributed by atoms with Gasteiger partial charge in [-0.1, -0.05) is 36.4 Å². The summed E-state index contributed by atoms with van der Waals surface area (Å²) in [5.74, 6) is 0.609. The second-order valence-electron chi connectivity index (χ2n) is 10.8. The number of carbonyl (C=O) groups excluding carboxylic acids is 2. The molecular formula is C35H35N5O9. The molecule has 5 rings (SSSR count). The smallest absolute Gasteiger partial charge is 0.337 e. The van der Waals surface area contributed by atoms with Crippen molar-refractivity contribution in [1.29, 1.82) is 0 Å². The summed E-state index contributed by atoms with van der Waals surface area (Å²) < 4.78 is 22.6. The third-order valence-corrected chi connectivity index (χ3v) is 7.56. The standard InChI is InChI=1S/C35H35N5O9/c1-4-47-30-17-24(33-32(34(42)46-3)21(2)37-35(43)38-33)12-16-29(30)49-20-31(41)39-36-18-27-26-8-6-5-7-23(26)11-15-28(27)48-19-22-9-13-25(14-10-22)40(44)45/h5-18,31,33,39,41H,4,19-20H2,1-3H3,(H2,37,38,43)/b36-18+/t31-,33-/m1/s1. The van der Waals surface area contributed by atoms with Crippen molar-refractivity contribution < 1.29 is 38.6 Å². The monoisotopic (exact) mass is 669 g/mol. The molecule has 0 saturated carbocycles. The van der Waals surface area contributed by atoms with Gasteiger partial charge >= 0.3 is 12.0 Å². The van der Waals surface area contributed by atoms with Crippen molar-refractivity contribution in [1.82, 2.24) is 16.1 Å². The molecule has 4 aromatic rings. The Labute approximate surface area is 281 Å². The molecule has 1 aliphatic rings. The van der Waals surface area contributed by atoms with Gasteiger partial charge in [0.05, 0.1) is 36.5 Å². The Bertz CT molecular complexity index is 1910. The van der Waals surface area contributed by atoms with E-state index in [1.54, 1.807) is 50.4 Å². The highest BCUT2D eigenvalue weighted by molar-refractivity contribution is 6.02. The topological polar surface area (TPSA) is 183 Å². The summed E-state index contributed by atoms with van der Waals surface area (Å²) in [4.78, 5) is 35.2. The number of aliphatic hydroxyl groups excluding tert-OH is 1. The van der Waals surface area contributed by atoms with Crippen LogP contribution in [-0.4, -0.2) is 54.8 Å². The van der Waals surface area contributed by atoms with Crippen molar-refractivity contribution >= 4 is 34.7 Å². The number of ether oxygens (including phenoxy) is 4. The van der Waals surface area contributed by atoms with Crippen molar-refractivity contribution in [3.63, 3.8) is 0 Å². The molecule has 0 radical (unpaired) electrons. The van der Waals surface area contributed by atoms with E-state index in [4.69, 9.17) is 18.9 Å². The first-order valence-corrected chi connectivity index (χ1v) is 15.3. The van der Waals surface area contributed by atoms with Gasteiger partial charge in [-0.25, -0.2) is 9.59 Å². The van der Waals surface area contributed by atoms with Crippen LogP contribution in [0.15, 0.2) is 95.2 Å². The fraction of sp³-hybridized carbons (Fsp3) is 0.229. The summed E-state index contributed by atoms with van der Waals surface area (Å²) in [6.45, 7) is 3.70. The van der Waals surface area contributed by atoms with E-state index < -0.39 is 29.2 Å². The number of hydrogen-bond acceptors (Lipinski definition) is 11. The fourth-order valence-corrected chi connectivity index (χ4v) is 5.22. The molecule has 254 valence electrons. The Morgan fingerprint density at radius 3 is 2.53 bits per heavy atom. The van der Waals surface area contributed by atoms with Gasteiger partial charge < -0.3 is 34.7 Å². The second kappa shape index (κ2) is 15.6. The average Bonchev–Trinajstić information content (AvgIpc) is 3.10. The first kappa shape index (κ1) is 34.2. The predicted octanol–water partition coefficient (Wildman–Crippen LogP) is 4.85. The average molecular weight is 670 g/mol. The quantitative estimate of drug-likeness (QED) is 0.0476. The molecule has 0 fully saturated rings. The van der Waals surface area contributed by atoms with Gasteiger partial charge in [0.25, 0.3) is 5.69 Å². The number of benzene rings is 4. The van der Waals surface area contributed by atoms with E-state index in [1.165, 1.54) is 19.2 Å². The molecule has 14 heteroatoms. The van der Waals surface area contributed by atoms with Gasteiger partial charge in [-0.05, 0) is 66.1 Å². The number of amides is 2. The number of nitro benzene ring substituents is 1. The third-order valence-electron chi connectivity index (χ3n) is 7.56. The van der Waals surface area contributed by atoms with Gasteiger partial charge in [0.2, 0.25) is 0 Å². The van der Waals surface area contributed by atoms with E-state index in [0.717, 1.165) is 16.3 Å². The van der Waals surface area contributed by atoms with Gasteiger partial charge in [0.15, 0.2) is 17.7 Å². The number of esters is 1. The zero-order valence-corrected chi connectivity index (χ0v) is 27.0. The molecule has 49 heavy (non-hydrogen) atoms. The third kappa shape index (κ3) is 8.23. The van der Waals surface area contributed by atoms with Gasteiger partial charge in [0.1, 0.15) is 19.0 Å². The molecule has 0 spiro atoms. The number of non-ortho nitro benzene ring substituents is 1. The van der Waals surface area contributed by atoms with Crippen LogP contribution in [0.4, 0.5) is 10.5 Å². The number of nitrogens with zero attached hydrogens (tertiary/aromatic N) is 2. The number of rotatable bonds is 14.